The van der Waals surface area contributed by atoms with Gasteiger partial charge in [0, 0.05) is 13.1 Å². The van der Waals surface area contributed by atoms with E-state index in [0.717, 1.165) is 37.4 Å². The Morgan fingerprint density at radius 2 is 1.85 bits per heavy atom. The van der Waals surface area contributed by atoms with Gasteiger partial charge in [0.1, 0.15) is 29.7 Å². The zero-order valence-corrected chi connectivity index (χ0v) is 15.6. The summed E-state index contributed by atoms with van der Waals surface area (Å²) >= 11 is 0. The highest BCUT2D eigenvalue weighted by Crippen LogP contribution is 2.24. The van der Waals surface area contributed by atoms with Crippen molar-refractivity contribution in [1.29, 1.82) is 0 Å². The Morgan fingerprint density at radius 1 is 1.19 bits per heavy atom. The second-order valence-corrected chi connectivity index (χ2v) is 7.12. The summed E-state index contributed by atoms with van der Waals surface area (Å²) < 4.78 is 12.7. The van der Waals surface area contributed by atoms with E-state index in [2.05, 4.69) is 10.1 Å². The average Bonchev–Trinajstić information content (AvgIpc) is 3.22. The van der Waals surface area contributed by atoms with E-state index >= 15 is 0 Å². The number of hydrogen-bond acceptors (Lipinski definition) is 5. The third-order valence-electron chi connectivity index (χ3n) is 4.96. The largest absolute Gasteiger partial charge is 0.497 e. The Hall–Kier alpha value is -2.57. The number of rotatable bonds is 6. The van der Waals surface area contributed by atoms with Crippen LogP contribution < -0.4 is 9.47 Å². The van der Waals surface area contributed by atoms with E-state index in [1.807, 2.05) is 43.0 Å². The number of hydrogen-bond donors (Lipinski definition) is 0. The van der Waals surface area contributed by atoms with Gasteiger partial charge in [0.25, 0.3) is 0 Å². The van der Waals surface area contributed by atoms with Gasteiger partial charge in [0.05, 0.1) is 13.7 Å². The van der Waals surface area contributed by atoms with Gasteiger partial charge in [-0.3, -0.25) is 4.79 Å². The first-order valence-electron chi connectivity index (χ1n) is 8.92. The van der Waals surface area contributed by atoms with E-state index in [4.69, 9.17) is 9.47 Å². The molecule has 1 saturated heterocycles. The summed E-state index contributed by atoms with van der Waals surface area (Å²) in [4.78, 5) is 18.7. The monoisotopic (exact) mass is 358 g/mol. The summed E-state index contributed by atoms with van der Waals surface area (Å²) in [5.74, 6) is 2.20. The molecular weight excluding hydrogens is 332 g/mol. The number of aromatic nitrogens is 3. The summed E-state index contributed by atoms with van der Waals surface area (Å²) in [5, 5.41) is 4.12. The van der Waals surface area contributed by atoms with Gasteiger partial charge in [-0.1, -0.05) is 0 Å². The minimum atomic E-state index is -0.719. The van der Waals surface area contributed by atoms with Crippen LogP contribution >= 0.6 is 0 Å². The van der Waals surface area contributed by atoms with Crippen LogP contribution in [0.3, 0.4) is 0 Å². The van der Waals surface area contributed by atoms with Crippen molar-refractivity contribution in [2.45, 2.75) is 32.2 Å². The van der Waals surface area contributed by atoms with Gasteiger partial charge >= 0.3 is 0 Å². The number of benzene rings is 1. The van der Waals surface area contributed by atoms with Gasteiger partial charge in [0.15, 0.2) is 0 Å². The second kappa shape index (κ2) is 7.76. The summed E-state index contributed by atoms with van der Waals surface area (Å²) in [5.41, 5.74) is -0.719. The number of methoxy groups -OCH3 is 1. The highest BCUT2D eigenvalue weighted by atomic mass is 16.5. The molecule has 0 bridgehead atoms. The van der Waals surface area contributed by atoms with Crippen LogP contribution in [0.25, 0.3) is 0 Å². The average molecular weight is 358 g/mol. The first kappa shape index (κ1) is 18.2. The number of piperidine rings is 1. The number of carbonyl (C=O) groups is 1. The minimum absolute atomic E-state index is 0.0810. The van der Waals surface area contributed by atoms with Gasteiger partial charge in [-0.2, -0.15) is 5.10 Å². The molecule has 3 rings (SSSR count). The van der Waals surface area contributed by atoms with Crippen molar-refractivity contribution >= 4 is 5.91 Å². The Balaban J connectivity index is 1.48. The van der Waals surface area contributed by atoms with E-state index in [9.17, 15) is 4.79 Å². The molecule has 1 amide bonds. The molecule has 140 valence electrons. The molecule has 7 heteroatoms. The molecule has 1 aliphatic rings. The summed E-state index contributed by atoms with van der Waals surface area (Å²) in [6.07, 6.45) is 4.93. The molecule has 0 saturated carbocycles. The van der Waals surface area contributed by atoms with Gasteiger partial charge in [-0.15, -0.1) is 0 Å². The van der Waals surface area contributed by atoms with Gasteiger partial charge in [-0.25, -0.2) is 9.67 Å². The number of nitrogens with zero attached hydrogens (tertiary/aromatic N) is 4. The fraction of sp³-hybridized carbons (Fsp3) is 0.526. The van der Waals surface area contributed by atoms with Crippen LogP contribution in [0.2, 0.25) is 0 Å². The summed E-state index contributed by atoms with van der Waals surface area (Å²) in [6, 6.07) is 7.61. The third-order valence-corrected chi connectivity index (χ3v) is 4.96. The fourth-order valence-corrected chi connectivity index (χ4v) is 3.17. The highest BCUT2D eigenvalue weighted by Gasteiger charge is 2.36. The molecule has 0 radical (unpaired) electrons. The van der Waals surface area contributed by atoms with E-state index in [0.29, 0.717) is 12.5 Å². The van der Waals surface area contributed by atoms with Crippen LogP contribution in [-0.4, -0.2) is 52.4 Å². The smallest absolute Gasteiger partial charge is 0.250 e. The van der Waals surface area contributed by atoms with Crippen molar-refractivity contribution in [1.82, 2.24) is 19.7 Å². The number of likely N-dealkylation sites (tertiary alicyclic amines) is 1. The molecule has 1 fully saturated rings. The predicted molar refractivity (Wildman–Crippen MR) is 97.1 cm³/mol. The third kappa shape index (κ3) is 3.98. The Kier molecular flexibility index (Phi) is 5.44. The van der Waals surface area contributed by atoms with Crippen molar-refractivity contribution in [2.24, 2.45) is 5.92 Å². The Labute approximate surface area is 153 Å². The first-order chi connectivity index (χ1) is 12.5. The van der Waals surface area contributed by atoms with E-state index in [1.165, 1.54) is 6.33 Å². The highest BCUT2D eigenvalue weighted by molar-refractivity contribution is 5.83. The molecule has 0 spiro atoms. The zero-order valence-electron chi connectivity index (χ0n) is 15.6. The van der Waals surface area contributed by atoms with Gasteiger partial charge < -0.3 is 14.4 Å². The first-order valence-corrected chi connectivity index (χ1v) is 8.92. The number of carbonyl (C=O) groups excluding carboxylic acids is 1. The topological polar surface area (TPSA) is 69.5 Å². The SMILES string of the molecule is COc1ccc(OCC2CCN(C(=O)C(C)(C)n3cncn3)CC2)cc1. The second-order valence-electron chi connectivity index (χ2n) is 7.12. The number of ether oxygens (including phenoxy) is 2. The van der Waals surface area contributed by atoms with Crippen LogP contribution in [-0.2, 0) is 10.3 Å². The van der Waals surface area contributed by atoms with Crippen LogP contribution in [0.1, 0.15) is 26.7 Å². The lowest BCUT2D eigenvalue weighted by Crippen LogP contribution is -2.50. The molecule has 1 aliphatic heterocycles. The van der Waals surface area contributed by atoms with E-state index in [1.54, 1.807) is 18.1 Å². The van der Waals surface area contributed by atoms with Crippen molar-refractivity contribution in [2.75, 3.05) is 26.8 Å². The molecular formula is C19H26N4O3. The normalized spacial score (nSPS) is 15.7. The quantitative estimate of drug-likeness (QED) is 0.793. The molecule has 0 atom stereocenters. The molecule has 2 aromatic rings. The minimum Gasteiger partial charge on any atom is -0.497 e. The van der Waals surface area contributed by atoms with Gasteiger partial charge in [-0.05, 0) is 56.9 Å². The maximum absolute atomic E-state index is 12.9. The zero-order chi connectivity index (χ0) is 18.6. The van der Waals surface area contributed by atoms with Crippen LogP contribution in [0.15, 0.2) is 36.9 Å². The maximum atomic E-state index is 12.9. The van der Waals surface area contributed by atoms with Crippen molar-refractivity contribution < 1.29 is 14.3 Å². The van der Waals surface area contributed by atoms with Gasteiger partial charge in [0.2, 0.25) is 5.91 Å². The molecule has 0 unspecified atom stereocenters. The molecule has 26 heavy (non-hydrogen) atoms. The van der Waals surface area contributed by atoms with Crippen LogP contribution in [0.4, 0.5) is 0 Å². The molecule has 7 nitrogen and oxygen atoms in total. The summed E-state index contributed by atoms with van der Waals surface area (Å²) in [6.45, 7) is 5.91. The van der Waals surface area contributed by atoms with E-state index < -0.39 is 5.54 Å². The molecule has 1 aromatic heterocycles. The molecule has 0 N–H and O–H groups in total. The summed E-state index contributed by atoms with van der Waals surface area (Å²) in [7, 11) is 1.65. The lowest BCUT2D eigenvalue weighted by Gasteiger charge is -2.36. The Bertz CT molecular complexity index is 705. The maximum Gasteiger partial charge on any atom is 0.250 e. The lowest BCUT2D eigenvalue weighted by molar-refractivity contribution is -0.141. The van der Waals surface area contributed by atoms with Crippen LogP contribution in [0, 0.1) is 5.92 Å². The standard InChI is InChI=1S/C19H26N4O3/c1-19(2,23-14-20-13-21-23)18(24)22-10-8-15(9-11-22)12-26-17-6-4-16(25-3)5-7-17/h4-7,13-15H,8-12H2,1-3H3. The molecule has 1 aromatic carbocycles. The van der Waals surface area contributed by atoms with E-state index in [-0.39, 0.29) is 5.91 Å². The fourth-order valence-electron chi connectivity index (χ4n) is 3.17. The molecule has 2 heterocycles. The number of amides is 1. The van der Waals surface area contributed by atoms with Crippen LogP contribution in [0.5, 0.6) is 11.5 Å². The lowest BCUT2D eigenvalue weighted by atomic mass is 9.95. The predicted octanol–water partition coefficient (Wildman–Crippen LogP) is 2.34. The Morgan fingerprint density at radius 3 is 2.42 bits per heavy atom. The van der Waals surface area contributed by atoms with Crippen molar-refractivity contribution in [3.05, 3.63) is 36.9 Å². The molecule has 0 aliphatic carbocycles. The van der Waals surface area contributed by atoms with Crippen molar-refractivity contribution in [3.8, 4) is 11.5 Å². The van der Waals surface area contributed by atoms with Crippen molar-refractivity contribution in [3.63, 3.8) is 0 Å².